The zero-order chi connectivity index (χ0) is 13.7. The summed E-state index contributed by atoms with van der Waals surface area (Å²) < 4.78 is 13.1. The highest BCUT2D eigenvalue weighted by atomic mass is 19.1. The van der Waals surface area contributed by atoms with Crippen molar-refractivity contribution in [3.8, 4) is 0 Å². The summed E-state index contributed by atoms with van der Waals surface area (Å²) in [6.07, 6.45) is 0.554. The summed E-state index contributed by atoms with van der Waals surface area (Å²) in [6.45, 7) is 5.65. The van der Waals surface area contributed by atoms with E-state index in [9.17, 15) is 4.39 Å². The lowest BCUT2D eigenvalue weighted by atomic mass is 10.1. The van der Waals surface area contributed by atoms with Gasteiger partial charge in [-0.15, -0.1) is 0 Å². The molecular weight excluding hydrogens is 241 g/mol. The lowest BCUT2D eigenvalue weighted by Gasteiger charge is -2.06. The van der Waals surface area contributed by atoms with Crippen LogP contribution in [0.1, 0.15) is 29.7 Å². The van der Waals surface area contributed by atoms with Gasteiger partial charge in [0.1, 0.15) is 11.6 Å². The molecule has 4 heteroatoms. The molecule has 0 saturated carbocycles. The highest BCUT2D eigenvalue weighted by Gasteiger charge is 2.04. The van der Waals surface area contributed by atoms with E-state index in [2.05, 4.69) is 22.2 Å². The van der Waals surface area contributed by atoms with E-state index in [4.69, 9.17) is 0 Å². The van der Waals surface area contributed by atoms with Gasteiger partial charge in [0.05, 0.1) is 5.69 Å². The fourth-order valence-electron chi connectivity index (χ4n) is 1.95. The molecule has 0 aliphatic carbocycles. The molecule has 19 heavy (non-hydrogen) atoms. The van der Waals surface area contributed by atoms with Gasteiger partial charge in [-0.25, -0.2) is 14.4 Å². The van der Waals surface area contributed by atoms with Crippen molar-refractivity contribution in [2.75, 3.05) is 6.54 Å². The van der Waals surface area contributed by atoms with Gasteiger partial charge in [0.25, 0.3) is 0 Å². The number of rotatable bonds is 5. The number of nitrogens with zero attached hydrogens (tertiary/aromatic N) is 2. The third kappa shape index (κ3) is 4.10. The van der Waals surface area contributed by atoms with Gasteiger partial charge in [-0.05, 0) is 37.2 Å². The third-order valence-corrected chi connectivity index (χ3v) is 2.76. The Bertz CT molecular complexity index is 555. The molecule has 1 heterocycles. The minimum Gasteiger partial charge on any atom is -0.311 e. The van der Waals surface area contributed by atoms with Crippen LogP contribution in [0.5, 0.6) is 0 Å². The van der Waals surface area contributed by atoms with Crippen molar-refractivity contribution in [1.82, 2.24) is 15.3 Å². The maximum Gasteiger partial charge on any atom is 0.133 e. The zero-order valence-electron chi connectivity index (χ0n) is 11.3. The maximum atomic E-state index is 13.1. The Kier molecular flexibility index (Phi) is 4.58. The predicted molar refractivity (Wildman–Crippen MR) is 73.4 cm³/mol. The van der Waals surface area contributed by atoms with Crippen molar-refractivity contribution in [3.05, 3.63) is 58.9 Å². The van der Waals surface area contributed by atoms with Crippen LogP contribution in [0.25, 0.3) is 0 Å². The van der Waals surface area contributed by atoms with E-state index in [1.54, 1.807) is 6.07 Å². The number of nitrogens with one attached hydrogen (secondary N) is 1. The molecule has 1 aromatic carbocycles. The molecule has 2 rings (SSSR count). The van der Waals surface area contributed by atoms with Gasteiger partial charge in [-0.3, -0.25) is 0 Å². The van der Waals surface area contributed by atoms with Crippen LogP contribution in [-0.2, 0) is 13.0 Å². The van der Waals surface area contributed by atoms with Crippen LogP contribution in [0.2, 0.25) is 0 Å². The first-order valence-corrected chi connectivity index (χ1v) is 6.46. The van der Waals surface area contributed by atoms with Crippen LogP contribution in [0.15, 0.2) is 30.3 Å². The standard InChI is InChI=1S/C15H18FN3/c1-3-17-10-14-7-11(2)18-15(19-14)9-12-5-4-6-13(16)8-12/h4-8,17H,3,9-10H2,1-2H3. The molecule has 3 nitrogen and oxygen atoms in total. The highest BCUT2D eigenvalue weighted by molar-refractivity contribution is 5.21. The second-order valence-electron chi connectivity index (χ2n) is 4.50. The molecule has 0 amide bonds. The molecule has 0 radical (unpaired) electrons. The number of benzene rings is 1. The third-order valence-electron chi connectivity index (χ3n) is 2.76. The number of hydrogen-bond acceptors (Lipinski definition) is 3. The van der Waals surface area contributed by atoms with Crippen LogP contribution in [-0.4, -0.2) is 16.5 Å². The van der Waals surface area contributed by atoms with E-state index in [0.717, 1.165) is 35.9 Å². The molecule has 0 aliphatic heterocycles. The summed E-state index contributed by atoms with van der Waals surface area (Å²) in [7, 11) is 0. The van der Waals surface area contributed by atoms with Crippen molar-refractivity contribution >= 4 is 0 Å². The summed E-state index contributed by atoms with van der Waals surface area (Å²) in [5.74, 6) is 0.511. The average molecular weight is 259 g/mol. The second-order valence-corrected chi connectivity index (χ2v) is 4.50. The van der Waals surface area contributed by atoms with E-state index in [1.807, 2.05) is 19.1 Å². The molecule has 0 fully saturated rings. The van der Waals surface area contributed by atoms with Gasteiger partial charge in [-0.1, -0.05) is 19.1 Å². The van der Waals surface area contributed by atoms with Crippen molar-refractivity contribution in [1.29, 1.82) is 0 Å². The van der Waals surface area contributed by atoms with Gasteiger partial charge in [-0.2, -0.15) is 0 Å². The zero-order valence-corrected chi connectivity index (χ0v) is 11.3. The second kappa shape index (κ2) is 6.38. The minimum atomic E-state index is -0.224. The summed E-state index contributed by atoms with van der Waals surface area (Å²) in [4.78, 5) is 8.91. The highest BCUT2D eigenvalue weighted by Crippen LogP contribution is 2.09. The minimum absolute atomic E-state index is 0.224. The summed E-state index contributed by atoms with van der Waals surface area (Å²) in [6, 6.07) is 8.53. The van der Waals surface area contributed by atoms with E-state index < -0.39 is 0 Å². The Balaban J connectivity index is 2.17. The Hall–Kier alpha value is -1.81. The summed E-state index contributed by atoms with van der Waals surface area (Å²) in [5.41, 5.74) is 2.80. The molecule has 0 unspecified atom stereocenters. The lowest BCUT2D eigenvalue weighted by molar-refractivity contribution is 0.625. The fraction of sp³-hybridized carbons (Fsp3) is 0.333. The van der Waals surface area contributed by atoms with Crippen LogP contribution in [0, 0.1) is 12.7 Å². The number of aromatic nitrogens is 2. The van der Waals surface area contributed by atoms with Crippen LogP contribution in [0.4, 0.5) is 4.39 Å². The number of halogens is 1. The fourth-order valence-corrected chi connectivity index (χ4v) is 1.95. The van der Waals surface area contributed by atoms with Crippen LogP contribution in [0.3, 0.4) is 0 Å². The summed E-state index contributed by atoms with van der Waals surface area (Å²) in [5, 5.41) is 3.24. The lowest BCUT2D eigenvalue weighted by Crippen LogP contribution is -2.14. The first kappa shape index (κ1) is 13.6. The van der Waals surface area contributed by atoms with Gasteiger partial charge in [0.2, 0.25) is 0 Å². The number of aryl methyl sites for hydroxylation is 1. The molecule has 1 N–H and O–H groups in total. The molecule has 0 aliphatic rings. The molecule has 0 bridgehead atoms. The van der Waals surface area contributed by atoms with Crippen molar-refractivity contribution in [3.63, 3.8) is 0 Å². The van der Waals surface area contributed by atoms with Crippen molar-refractivity contribution in [2.45, 2.75) is 26.8 Å². The smallest absolute Gasteiger partial charge is 0.133 e. The van der Waals surface area contributed by atoms with E-state index in [0.29, 0.717) is 6.42 Å². The Morgan fingerprint density at radius 3 is 2.79 bits per heavy atom. The first-order chi connectivity index (χ1) is 9.17. The molecule has 0 spiro atoms. The molecule has 0 atom stereocenters. The Morgan fingerprint density at radius 2 is 2.05 bits per heavy atom. The topological polar surface area (TPSA) is 37.8 Å². The quantitative estimate of drug-likeness (QED) is 0.897. The van der Waals surface area contributed by atoms with Gasteiger partial charge in [0.15, 0.2) is 0 Å². The van der Waals surface area contributed by atoms with Crippen LogP contribution >= 0.6 is 0 Å². The van der Waals surface area contributed by atoms with E-state index in [1.165, 1.54) is 12.1 Å². The van der Waals surface area contributed by atoms with Crippen molar-refractivity contribution < 1.29 is 4.39 Å². The SMILES string of the molecule is CCNCc1cc(C)nc(Cc2cccc(F)c2)n1. The van der Waals surface area contributed by atoms with Gasteiger partial charge in [0, 0.05) is 18.7 Å². The summed E-state index contributed by atoms with van der Waals surface area (Å²) >= 11 is 0. The van der Waals surface area contributed by atoms with Crippen LogP contribution < -0.4 is 5.32 Å². The number of hydrogen-bond donors (Lipinski definition) is 1. The Labute approximate surface area is 112 Å². The monoisotopic (exact) mass is 259 g/mol. The molecule has 1 aromatic heterocycles. The predicted octanol–water partition coefficient (Wildman–Crippen LogP) is 2.62. The first-order valence-electron chi connectivity index (χ1n) is 6.46. The van der Waals surface area contributed by atoms with E-state index in [-0.39, 0.29) is 5.82 Å². The normalized spacial score (nSPS) is 10.7. The van der Waals surface area contributed by atoms with Gasteiger partial charge < -0.3 is 5.32 Å². The largest absolute Gasteiger partial charge is 0.311 e. The molecule has 2 aromatic rings. The molecule has 0 saturated heterocycles. The van der Waals surface area contributed by atoms with Gasteiger partial charge >= 0.3 is 0 Å². The van der Waals surface area contributed by atoms with E-state index >= 15 is 0 Å². The molecular formula is C15H18FN3. The average Bonchev–Trinajstić information content (AvgIpc) is 2.35. The Morgan fingerprint density at radius 1 is 1.21 bits per heavy atom. The maximum absolute atomic E-state index is 13.1. The molecule has 100 valence electrons. The van der Waals surface area contributed by atoms with Crippen molar-refractivity contribution in [2.24, 2.45) is 0 Å².